The number of nitrogens with zero attached hydrogens (tertiary/aromatic N) is 5. The van der Waals surface area contributed by atoms with E-state index in [2.05, 4.69) is 20.7 Å². The molecule has 0 unspecified atom stereocenters. The van der Waals surface area contributed by atoms with Crippen molar-refractivity contribution in [2.24, 2.45) is 0 Å². The third-order valence-corrected chi connectivity index (χ3v) is 3.25. The molecule has 0 atom stereocenters. The maximum atomic E-state index is 12.0. The smallest absolute Gasteiger partial charge is 0.338 e. The van der Waals surface area contributed by atoms with E-state index in [1.54, 1.807) is 38.1 Å². The number of carbonyl (C=O) groups excluding carboxylic acids is 1. The van der Waals surface area contributed by atoms with Gasteiger partial charge in [0.15, 0.2) is 0 Å². The van der Waals surface area contributed by atoms with Crippen molar-refractivity contribution in [1.29, 1.82) is 0 Å². The number of ether oxygens (including phenoxy) is 1. The van der Waals surface area contributed by atoms with Gasteiger partial charge in [-0.2, -0.15) is 0 Å². The number of hydrogen-bond acceptors (Lipinski definition) is 7. The molecule has 0 amide bonds. The van der Waals surface area contributed by atoms with Crippen molar-refractivity contribution in [2.75, 3.05) is 0 Å². The molecule has 8 nitrogen and oxygen atoms in total. The molecular weight excluding hydrogens is 286 g/mol. The van der Waals surface area contributed by atoms with E-state index in [-0.39, 0.29) is 6.61 Å². The monoisotopic (exact) mass is 299 g/mol. The average molecular weight is 299 g/mol. The Kier molecular flexibility index (Phi) is 3.65. The number of aromatic nitrogens is 5. The molecule has 0 saturated heterocycles. The normalized spacial score (nSPS) is 10.6. The topological polar surface area (TPSA) is 95.9 Å². The molecule has 3 aromatic rings. The number of esters is 1. The molecule has 112 valence electrons. The van der Waals surface area contributed by atoms with Gasteiger partial charge in [-0.15, -0.1) is 5.10 Å². The van der Waals surface area contributed by atoms with Gasteiger partial charge in [-0.05, 0) is 48.5 Å². The number of benzene rings is 1. The Hall–Kier alpha value is -3.03. The van der Waals surface area contributed by atoms with Crippen LogP contribution in [-0.2, 0) is 11.3 Å². The molecule has 0 aliphatic rings. The van der Waals surface area contributed by atoms with Gasteiger partial charge in [-0.3, -0.25) is 0 Å². The first-order valence-corrected chi connectivity index (χ1v) is 6.57. The summed E-state index contributed by atoms with van der Waals surface area (Å²) in [4.78, 5) is 12.0. The maximum absolute atomic E-state index is 12.0. The van der Waals surface area contributed by atoms with Crippen molar-refractivity contribution in [1.82, 2.24) is 25.4 Å². The zero-order valence-corrected chi connectivity index (χ0v) is 12.1. The minimum atomic E-state index is -0.414. The van der Waals surface area contributed by atoms with E-state index in [0.717, 1.165) is 16.9 Å². The quantitative estimate of drug-likeness (QED) is 0.675. The molecule has 0 aliphatic heterocycles. The predicted octanol–water partition coefficient (Wildman–Crippen LogP) is 1.62. The van der Waals surface area contributed by atoms with E-state index in [9.17, 15) is 4.79 Å². The van der Waals surface area contributed by atoms with Crippen LogP contribution in [0.2, 0.25) is 0 Å². The predicted molar refractivity (Wildman–Crippen MR) is 74.3 cm³/mol. The lowest BCUT2D eigenvalue weighted by Crippen LogP contribution is -2.06. The van der Waals surface area contributed by atoms with Gasteiger partial charge in [0.2, 0.25) is 0 Å². The van der Waals surface area contributed by atoms with E-state index < -0.39 is 5.97 Å². The highest BCUT2D eigenvalue weighted by atomic mass is 16.5. The van der Waals surface area contributed by atoms with Crippen LogP contribution in [0.5, 0.6) is 0 Å². The molecule has 0 bridgehead atoms. The highest BCUT2D eigenvalue weighted by molar-refractivity contribution is 5.89. The molecule has 3 rings (SSSR count). The molecule has 0 spiro atoms. The van der Waals surface area contributed by atoms with Crippen LogP contribution in [0.15, 0.2) is 35.1 Å². The third-order valence-electron chi connectivity index (χ3n) is 3.25. The van der Waals surface area contributed by atoms with E-state index in [4.69, 9.17) is 9.26 Å². The summed E-state index contributed by atoms with van der Waals surface area (Å²) >= 11 is 0. The SMILES string of the molecule is Cc1noc(C)c1COC(=O)c1ccc(-n2cnnn2)cc1. The highest BCUT2D eigenvalue weighted by Gasteiger charge is 2.13. The third kappa shape index (κ3) is 2.71. The number of carbonyl (C=O) groups is 1. The maximum Gasteiger partial charge on any atom is 0.338 e. The van der Waals surface area contributed by atoms with Gasteiger partial charge in [0.1, 0.15) is 18.7 Å². The summed E-state index contributed by atoms with van der Waals surface area (Å²) in [7, 11) is 0. The zero-order valence-electron chi connectivity index (χ0n) is 12.1. The minimum Gasteiger partial charge on any atom is -0.457 e. The number of rotatable bonds is 4. The summed E-state index contributed by atoms with van der Waals surface area (Å²) in [6, 6.07) is 6.80. The summed E-state index contributed by atoms with van der Waals surface area (Å²) < 4.78 is 11.8. The van der Waals surface area contributed by atoms with Gasteiger partial charge in [0.05, 0.1) is 22.5 Å². The fourth-order valence-corrected chi connectivity index (χ4v) is 1.96. The second-order valence-corrected chi connectivity index (χ2v) is 4.68. The van der Waals surface area contributed by atoms with Crippen molar-refractivity contribution in [2.45, 2.75) is 20.5 Å². The zero-order chi connectivity index (χ0) is 15.5. The Morgan fingerprint density at radius 3 is 2.64 bits per heavy atom. The summed E-state index contributed by atoms with van der Waals surface area (Å²) in [6.45, 7) is 3.72. The molecule has 0 N–H and O–H groups in total. The van der Waals surface area contributed by atoms with Crippen LogP contribution in [-0.4, -0.2) is 31.3 Å². The van der Waals surface area contributed by atoms with E-state index >= 15 is 0 Å². The highest BCUT2D eigenvalue weighted by Crippen LogP contribution is 2.15. The first-order valence-electron chi connectivity index (χ1n) is 6.57. The molecule has 1 aromatic carbocycles. The Bertz CT molecular complexity index is 758. The molecule has 2 aromatic heterocycles. The molecule has 8 heteroatoms. The Morgan fingerprint density at radius 2 is 2.05 bits per heavy atom. The van der Waals surface area contributed by atoms with E-state index in [1.807, 2.05) is 0 Å². The van der Waals surface area contributed by atoms with E-state index in [0.29, 0.717) is 11.3 Å². The van der Waals surface area contributed by atoms with Gasteiger partial charge < -0.3 is 9.26 Å². The second-order valence-electron chi connectivity index (χ2n) is 4.68. The largest absolute Gasteiger partial charge is 0.457 e. The molecular formula is C14H13N5O3. The minimum absolute atomic E-state index is 0.134. The van der Waals surface area contributed by atoms with Crippen LogP contribution in [0.4, 0.5) is 0 Å². The summed E-state index contributed by atoms with van der Waals surface area (Å²) in [5.41, 5.74) is 2.72. The fraction of sp³-hybridized carbons (Fsp3) is 0.214. The fourth-order valence-electron chi connectivity index (χ4n) is 1.96. The van der Waals surface area contributed by atoms with Crippen LogP contribution >= 0.6 is 0 Å². The number of aryl methyl sites for hydroxylation is 2. The molecule has 0 radical (unpaired) electrons. The first kappa shape index (κ1) is 13.9. The lowest BCUT2D eigenvalue weighted by Gasteiger charge is -2.05. The summed E-state index contributed by atoms with van der Waals surface area (Å²) in [6.07, 6.45) is 1.48. The molecule has 0 aliphatic carbocycles. The lowest BCUT2D eigenvalue weighted by molar-refractivity contribution is 0.0471. The van der Waals surface area contributed by atoms with E-state index in [1.165, 1.54) is 11.0 Å². The van der Waals surface area contributed by atoms with Crippen LogP contribution in [0.1, 0.15) is 27.4 Å². The van der Waals surface area contributed by atoms with Gasteiger partial charge in [-0.25, -0.2) is 9.48 Å². The molecule has 2 heterocycles. The van der Waals surface area contributed by atoms with Gasteiger partial charge in [-0.1, -0.05) is 5.16 Å². The first-order chi connectivity index (χ1) is 10.6. The summed E-state index contributed by atoms with van der Waals surface area (Å²) in [5.74, 6) is 0.239. The van der Waals surface area contributed by atoms with Crippen molar-refractivity contribution in [3.63, 3.8) is 0 Å². The number of tetrazole rings is 1. The van der Waals surface area contributed by atoms with Gasteiger partial charge in [0, 0.05) is 0 Å². The number of hydrogen-bond donors (Lipinski definition) is 0. The standard InChI is InChI=1S/C14H13N5O3/c1-9-13(10(2)22-16-9)7-21-14(20)11-3-5-12(6-4-11)19-8-15-17-18-19/h3-6,8H,7H2,1-2H3. The van der Waals surface area contributed by atoms with Crippen molar-refractivity contribution >= 4 is 5.97 Å². The molecule has 0 fully saturated rings. The van der Waals surface area contributed by atoms with Crippen LogP contribution in [0, 0.1) is 13.8 Å². The second kappa shape index (κ2) is 5.76. The Labute approximate surface area is 125 Å². The van der Waals surface area contributed by atoms with Gasteiger partial charge >= 0.3 is 5.97 Å². The Balaban J connectivity index is 1.68. The average Bonchev–Trinajstić information content (AvgIpc) is 3.17. The molecule has 0 saturated carbocycles. The van der Waals surface area contributed by atoms with Crippen LogP contribution in [0.3, 0.4) is 0 Å². The van der Waals surface area contributed by atoms with Gasteiger partial charge in [0.25, 0.3) is 0 Å². The van der Waals surface area contributed by atoms with Crippen molar-refractivity contribution in [3.8, 4) is 5.69 Å². The van der Waals surface area contributed by atoms with Crippen molar-refractivity contribution in [3.05, 3.63) is 53.2 Å². The lowest BCUT2D eigenvalue weighted by atomic mass is 10.2. The molecule has 22 heavy (non-hydrogen) atoms. The van der Waals surface area contributed by atoms with Crippen LogP contribution < -0.4 is 0 Å². The Morgan fingerprint density at radius 1 is 1.27 bits per heavy atom. The summed E-state index contributed by atoms with van der Waals surface area (Å²) in [5, 5.41) is 14.7. The van der Waals surface area contributed by atoms with Crippen molar-refractivity contribution < 1.29 is 14.1 Å². The van der Waals surface area contributed by atoms with Crippen LogP contribution in [0.25, 0.3) is 5.69 Å².